The molecule has 0 bridgehead atoms. The number of hydrogen-bond donors (Lipinski definition) is 2. The average molecular weight is 187 g/mol. The predicted octanol–water partition coefficient (Wildman–Crippen LogP) is 1.73. The van der Waals surface area contributed by atoms with Crippen LogP contribution in [0, 0.1) is 11.8 Å². The van der Waals surface area contributed by atoms with Gasteiger partial charge in [0.15, 0.2) is 0 Å². The molecule has 0 aliphatic heterocycles. The summed E-state index contributed by atoms with van der Waals surface area (Å²) < 4.78 is 0. The van der Waals surface area contributed by atoms with E-state index >= 15 is 0 Å². The first-order chi connectivity index (χ1) is 5.86. The molecule has 0 heterocycles. The summed E-state index contributed by atoms with van der Waals surface area (Å²) in [5.41, 5.74) is 0. The Labute approximate surface area is 80.5 Å². The smallest absolute Gasteiger partial charge is 0.307 e. The Morgan fingerprint density at radius 1 is 1.08 bits per heavy atom. The van der Waals surface area contributed by atoms with Crippen molar-refractivity contribution in [2.45, 2.75) is 46.7 Å². The lowest BCUT2D eigenvalue weighted by Gasteiger charge is -2.25. The van der Waals surface area contributed by atoms with E-state index in [1.807, 2.05) is 6.92 Å². The van der Waals surface area contributed by atoms with E-state index in [1.54, 1.807) is 6.92 Å². The van der Waals surface area contributed by atoms with Gasteiger partial charge in [0.2, 0.25) is 0 Å². The largest absolute Gasteiger partial charge is 0.481 e. The van der Waals surface area contributed by atoms with Gasteiger partial charge in [-0.1, -0.05) is 20.8 Å². The molecule has 13 heavy (non-hydrogen) atoms. The number of rotatable bonds is 5. The minimum absolute atomic E-state index is 0.0231. The summed E-state index contributed by atoms with van der Waals surface area (Å²) in [7, 11) is 0. The van der Waals surface area contributed by atoms with E-state index in [0.29, 0.717) is 12.0 Å². The molecule has 0 aromatic carbocycles. The lowest BCUT2D eigenvalue weighted by Crippen LogP contribution is -2.43. The van der Waals surface area contributed by atoms with Crippen molar-refractivity contribution in [1.82, 2.24) is 5.32 Å². The Morgan fingerprint density at radius 3 is 1.85 bits per heavy atom. The number of carboxylic acid groups (broad SMARTS) is 1. The third kappa shape index (κ3) is 4.27. The van der Waals surface area contributed by atoms with E-state index < -0.39 is 5.97 Å². The van der Waals surface area contributed by atoms with Crippen LogP contribution < -0.4 is 5.32 Å². The first-order valence-electron chi connectivity index (χ1n) is 4.85. The van der Waals surface area contributed by atoms with Gasteiger partial charge in [-0.05, 0) is 19.8 Å². The van der Waals surface area contributed by atoms with Crippen LogP contribution in [-0.4, -0.2) is 23.2 Å². The molecule has 0 aromatic rings. The van der Waals surface area contributed by atoms with Crippen molar-refractivity contribution in [3.63, 3.8) is 0 Å². The molecule has 0 saturated carbocycles. The lowest BCUT2D eigenvalue weighted by atomic mass is 10.00. The topological polar surface area (TPSA) is 49.3 Å². The molecule has 3 unspecified atom stereocenters. The van der Waals surface area contributed by atoms with Crippen molar-refractivity contribution in [3.8, 4) is 0 Å². The standard InChI is InChI=1S/C10H21NO2/c1-6(2)8(4)11-9(5)7(3)10(12)13/h6-9,11H,1-5H3,(H,12,13). The van der Waals surface area contributed by atoms with Gasteiger partial charge in [-0.2, -0.15) is 0 Å². The molecule has 0 radical (unpaired) electrons. The molecule has 3 atom stereocenters. The molecule has 0 fully saturated rings. The van der Waals surface area contributed by atoms with Gasteiger partial charge >= 0.3 is 5.97 Å². The summed E-state index contributed by atoms with van der Waals surface area (Å²) in [6, 6.07) is 0.381. The first-order valence-corrected chi connectivity index (χ1v) is 4.85. The van der Waals surface area contributed by atoms with Crippen molar-refractivity contribution in [3.05, 3.63) is 0 Å². The molecule has 3 nitrogen and oxygen atoms in total. The minimum Gasteiger partial charge on any atom is -0.481 e. The van der Waals surface area contributed by atoms with Crippen LogP contribution in [0.1, 0.15) is 34.6 Å². The fraction of sp³-hybridized carbons (Fsp3) is 0.900. The second-order valence-electron chi connectivity index (χ2n) is 4.11. The SMILES string of the molecule is CC(C)C(C)NC(C)C(C)C(=O)O. The second-order valence-corrected chi connectivity index (χ2v) is 4.11. The van der Waals surface area contributed by atoms with Gasteiger partial charge in [0, 0.05) is 12.1 Å². The van der Waals surface area contributed by atoms with Gasteiger partial charge in [0.1, 0.15) is 0 Å². The van der Waals surface area contributed by atoms with E-state index in [-0.39, 0.29) is 12.0 Å². The summed E-state index contributed by atoms with van der Waals surface area (Å²) in [5, 5.41) is 12.0. The van der Waals surface area contributed by atoms with Gasteiger partial charge in [-0.25, -0.2) is 0 Å². The van der Waals surface area contributed by atoms with Gasteiger partial charge in [0.05, 0.1) is 5.92 Å². The quantitative estimate of drug-likeness (QED) is 0.689. The zero-order valence-electron chi connectivity index (χ0n) is 9.16. The Morgan fingerprint density at radius 2 is 1.54 bits per heavy atom. The van der Waals surface area contributed by atoms with E-state index in [9.17, 15) is 4.79 Å². The van der Waals surface area contributed by atoms with E-state index in [1.165, 1.54) is 0 Å². The van der Waals surface area contributed by atoms with Crippen molar-refractivity contribution in [1.29, 1.82) is 0 Å². The Kier molecular flexibility index (Phi) is 4.99. The number of carboxylic acids is 1. The van der Waals surface area contributed by atoms with E-state index in [2.05, 4.69) is 26.1 Å². The second kappa shape index (κ2) is 5.22. The highest BCUT2D eigenvalue weighted by Crippen LogP contribution is 2.07. The van der Waals surface area contributed by atoms with Gasteiger partial charge in [-0.3, -0.25) is 4.79 Å². The molecular weight excluding hydrogens is 166 g/mol. The number of nitrogens with one attached hydrogen (secondary N) is 1. The van der Waals surface area contributed by atoms with Crippen LogP contribution in [0.5, 0.6) is 0 Å². The molecule has 0 aromatic heterocycles. The fourth-order valence-corrected chi connectivity index (χ4v) is 0.965. The summed E-state index contributed by atoms with van der Waals surface area (Å²) >= 11 is 0. The molecule has 0 saturated heterocycles. The Hall–Kier alpha value is -0.570. The number of aliphatic carboxylic acids is 1. The Bertz CT molecular complexity index is 168. The van der Waals surface area contributed by atoms with Gasteiger partial charge < -0.3 is 10.4 Å². The molecule has 0 spiro atoms. The lowest BCUT2D eigenvalue weighted by molar-refractivity contribution is -0.142. The van der Waals surface area contributed by atoms with E-state index in [4.69, 9.17) is 5.11 Å². The van der Waals surface area contributed by atoms with E-state index in [0.717, 1.165) is 0 Å². The third-order valence-electron chi connectivity index (χ3n) is 2.67. The maximum Gasteiger partial charge on any atom is 0.307 e. The maximum atomic E-state index is 10.7. The van der Waals surface area contributed by atoms with Crippen LogP contribution in [0.25, 0.3) is 0 Å². The minimum atomic E-state index is -0.740. The van der Waals surface area contributed by atoms with Crippen LogP contribution in [0.15, 0.2) is 0 Å². The summed E-state index contributed by atoms with van der Waals surface area (Å²) in [5.74, 6) is -0.541. The fourth-order valence-electron chi connectivity index (χ4n) is 0.965. The van der Waals surface area contributed by atoms with Gasteiger partial charge in [0.25, 0.3) is 0 Å². The molecule has 78 valence electrons. The maximum absolute atomic E-state index is 10.7. The summed E-state index contributed by atoms with van der Waals surface area (Å²) in [6.07, 6.45) is 0. The third-order valence-corrected chi connectivity index (χ3v) is 2.67. The summed E-state index contributed by atoms with van der Waals surface area (Å²) in [4.78, 5) is 10.7. The zero-order valence-corrected chi connectivity index (χ0v) is 9.16. The zero-order chi connectivity index (χ0) is 10.6. The molecule has 0 rings (SSSR count). The van der Waals surface area contributed by atoms with Crippen LogP contribution in [0.4, 0.5) is 0 Å². The van der Waals surface area contributed by atoms with Crippen LogP contribution >= 0.6 is 0 Å². The van der Waals surface area contributed by atoms with Crippen molar-refractivity contribution in [2.75, 3.05) is 0 Å². The van der Waals surface area contributed by atoms with Crippen molar-refractivity contribution in [2.24, 2.45) is 11.8 Å². The molecule has 2 N–H and O–H groups in total. The average Bonchev–Trinajstić information content (AvgIpc) is 2.02. The molecule has 0 aliphatic carbocycles. The number of hydrogen-bond acceptors (Lipinski definition) is 2. The molecule has 3 heteroatoms. The monoisotopic (exact) mass is 187 g/mol. The highest BCUT2D eigenvalue weighted by atomic mass is 16.4. The molecular formula is C10H21NO2. The van der Waals surface area contributed by atoms with Gasteiger partial charge in [-0.15, -0.1) is 0 Å². The highest BCUT2D eigenvalue weighted by molar-refractivity contribution is 5.70. The number of carbonyl (C=O) groups is 1. The van der Waals surface area contributed by atoms with Crippen LogP contribution in [0.3, 0.4) is 0 Å². The van der Waals surface area contributed by atoms with Crippen LogP contribution in [-0.2, 0) is 4.79 Å². The first kappa shape index (κ1) is 12.4. The molecule has 0 aliphatic rings. The Balaban J connectivity index is 3.99. The summed E-state index contributed by atoms with van der Waals surface area (Å²) in [6.45, 7) is 9.96. The van der Waals surface area contributed by atoms with Crippen molar-refractivity contribution < 1.29 is 9.90 Å². The normalized spacial score (nSPS) is 18.3. The highest BCUT2D eigenvalue weighted by Gasteiger charge is 2.21. The predicted molar refractivity (Wildman–Crippen MR) is 53.7 cm³/mol. The molecule has 0 amide bonds. The van der Waals surface area contributed by atoms with Crippen molar-refractivity contribution >= 4 is 5.97 Å². The van der Waals surface area contributed by atoms with Crippen LogP contribution in [0.2, 0.25) is 0 Å².